The molecule has 0 unspecified atom stereocenters. The topological polar surface area (TPSA) is 38.4 Å². The maximum Gasteiger partial charge on any atom is 0.103 e. The Labute approximate surface area is 99.1 Å². The van der Waals surface area contributed by atoms with Crippen molar-refractivity contribution in [1.29, 1.82) is 0 Å². The molecule has 1 saturated carbocycles. The number of aliphatic imine (C=N–C) groups is 1. The number of rotatable bonds is 2. The van der Waals surface area contributed by atoms with Crippen LogP contribution in [0.15, 0.2) is 17.1 Å². The molecule has 0 aromatic heterocycles. The molecule has 2 rings (SSSR count). The van der Waals surface area contributed by atoms with Gasteiger partial charge in [-0.3, -0.25) is 0 Å². The van der Waals surface area contributed by atoms with Crippen molar-refractivity contribution in [2.75, 3.05) is 0 Å². The van der Waals surface area contributed by atoms with Crippen molar-refractivity contribution in [3.63, 3.8) is 0 Å². The Morgan fingerprint density at radius 3 is 2.67 bits per heavy atom. The number of halogens is 2. The third kappa shape index (κ3) is 2.27. The van der Waals surface area contributed by atoms with Crippen LogP contribution in [0.4, 0.5) is 5.69 Å². The summed E-state index contributed by atoms with van der Waals surface area (Å²) in [7, 11) is 0. The molecular formula is C11H12Cl2N2. The highest BCUT2D eigenvalue weighted by Crippen LogP contribution is 2.37. The fraction of sp³-hybridized carbons (Fsp3) is 0.364. The van der Waals surface area contributed by atoms with E-state index in [2.05, 4.69) is 4.99 Å². The lowest BCUT2D eigenvalue weighted by molar-refractivity contribution is 1.15. The van der Waals surface area contributed by atoms with Crippen LogP contribution < -0.4 is 5.73 Å². The predicted octanol–water partition coefficient (Wildman–Crippen LogP) is 3.70. The van der Waals surface area contributed by atoms with Crippen LogP contribution in [0, 0.1) is 12.8 Å². The van der Waals surface area contributed by atoms with Crippen LogP contribution in [0.5, 0.6) is 0 Å². The molecule has 0 amide bonds. The first-order valence-corrected chi connectivity index (χ1v) is 5.64. The molecule has 0 atom stereocenters. The minimum absolute atomic E-state index is 0.428. The van der Waals surface area contributed by atoms with Gasteiger partial charge in [0.2, 0.25) is 0 Å². The smallest absolute Gasteiger partial charge is 0.103 e. The maximum absolute atomic E-state index is 6.12. The van der Waals surface area contributed by atoms with Crippen LogP contribution in [0.2, 0.25) is 10.0 Å². The van der Waals surface area contributed by atoms with Crippen LogP contribution in [0.1, 0.15) is 18.4 Å². The maximum atomic E-state index is 6.12. The van der Waals surface area contributed by atoms with Crippen molar-refractivity contribution >= 4 is 34.7 Å². The number of benzene rings is 1. The van der Waals surface area contributed by atoms with E-state index in [9.17, 15) is 0 Å². The minimum atomic E-state index is 0.428. The van der Waals surface area contributed by atoms with E-state index in [1.165, 1.54) is 0 Å². The summed E-state index contributed by atoms with van der Waals surface area (Å²) in [4.78, 5) is 4.31. The third-order valence-corrected chi connectivity index (χ3v) is 3.28. The van der Waals surface area contributed by atoms with Gasteiger partial charge in [-0.1, -0.05) is 29.3 Å². The zero-order valence-electron chi connectivity index (χ0n) is 8.43. The summed E-state index contributed by atoms with van der Waals surface area (Å²) < 4.78 is 0. The molecule has 1 fully saturated rings. The van der Waals surface area contributed by atoms with E-state index in [0.29, 0.717) is 27.5 Å². The van der Waals surface area contributed by atoms with Gasteiger partial charge in [0.15, 0.2) is 0 Å². The summed E-state index contributed by atoms with van der Waals surface area (Å²) >= 11 is 12.1. The summed E-state index contributed by atoms with van der Waals surface area (Å²) in [6.07, 6.45) is 2.24. The zero-order chi connectivity index (χ0) is 11.0. The molecule has 4 heteroatoms. The van der Waals surface area contributed by atoms with E-state index < -0.39 is 0 Å². The normalized spacial score (nSPS) is 16.9. The average molecular weight is 243 g/mol. The fourth-order valence-electron chi connectivity index (χ4n) is 1.34. The fourth-order valence-corrected chi connectivity index (χ4v) is 1.80. The summed E-state index contributed by atoms with van der Waals surface area (Å²) in [6, 6.07) is 3.67. The summed E-state index contributed by atoms with van der Waals surface area (Å²) in [5.41, 5.74) is 7.39. The number of hydrogen-bond acceptors (Lipinski definition) is 1. The second-order valence-electron chi connectivity index (χ2n) is 3.84. The second-order valence-corrected chi connectivity index (χ2v) is 4.62. The number of nitrogens with two attached hydrogens (primary N) is 1. The van der Waals surface area contributed by atoms with E-state index in [1.54, 1.807) is 6.07 Å². The average Bonchev–Trinajstić information content (AvgIpc) is 3.02. The van der Waals surface area contributed by atoms with E-state index in [-0.39, 0.29) is 0 Å². The standard InChI is InChI=1S/C11H12Cl2N2/c1-6-2-5-8(12)10(9(6)13)15-11(14)7-3-4-7/h2,5,7H,3-4H2,1H3,(H2,14,15). The molecule has 1 aliphatic carbocycles. The molecule has 15 heavy (non-hydrogen) atoms. The Hall–Kier alpha value is -0.730. The predicted molar refractivity (Wildman–Crippen MR) is 65.2 cm³/mol. The van der Waals surface area contributed by atoms with Gasteiger partial charge < -0.3 is 5.73 Å². The number of hydrogen-bond donors (Lipinski definition) is 1. The van der Waals surface area contributed by atoms with Crippen molar-refractivity contribution in [1.82, 2.24) is 0 Å². The molecular weight excluding hydrogens is 231 g/mol. The lowest BCUT2D eigenvalue weighted by Gasteiger charge is -2.05. The monoisotopic (exact) mass is 242 g/mol. The molecule has 1 aromatic rings. The molecule has 0 radical (unpaired) electrons. The SMILES string of the molecule is Cc1ccc(Cl)c(N=C(N)C2CC2)c1Cl. The number of amidine groups is 1. The first-order chi connectivity index (χ1) is 7.09. The van der Waals surface area contributed by atoms with Crippen molar-refractivity contribution in [2.45, 2.75) is 19.8 Å². The second kappa shape index (κ2) is 4.03. The molecule has 1 aromatic carbocycles. The third-order valence-electron chi connectivity index (χ3n) is 2.50. The molecule has 0 aliphatic heterocycles. The Morgan fingerprint density at radius 2 is 2.07 bits per heavy atom. The van der Waals surface area contributed by atoms with Crippen molar-refractivity contribution in [3.8, 4) is 0 Å². The molecule has 2 nitrogen and oxygen atoms in total. The first-order valence-electron chi connectivity index (χ1n) is 4.88. The highest BCUT2D eigenvalue weighted by molar-refractivity contribution is 6.39. The molecule has 0 saturated heterocycles. The van der Waals surface area contributed by atoms with Gasteiger partial charge in [0, 0.05) is 5.92 Å². The van der Waals surface area contributed by atoms with Crippen LogP contribution >= 0.6 is 23.2 Å². The van der Waals surface area contributed by atoms with Crippen LogP contribution in [-0.4, -0.2) is 5.84 Å². The van der Waals surface area contributed by atoms with Gasteiger partial charge in [-0.2, -0.15) is 0 Å². The lowest BCUT2D eigenvalue weighted by atomic mass is 10.2. The van der Waals surface area contributed by atoms with Crippen LogP contribution in [0.3, 0.4) is 0 Å². The van der Waals surface area contributed by atoms with E-state index in [1.807, 2.05) is 13.0 Å². The van der Waals surface area contributed by atoms with Gasteiger partial charge in [0.05, 0.1) is 10.0 Å². The molecule has 2 N–H and O–H groups in total. The summed E-state index contributed by atoms with van der Waals surface area (Å²) in [5, 5.41) is 1.14. The Morgan fingerprint density at radius 1 is 1.40 bits per heavy atom. The van der Waals surface area contributed by atoms with Crippen molar-refractivity contribution < 1.29 is 0 Å². The van der Waals surface area contributed by atoms with Gasteiger partial charge >= 0.3 is 0 Å². The van der Waals surface area contributed by atoms with E-state index in [4.69, 9.17) is 28.9 Å². The zero-order valence-corrected chi connectivity index (χ0v) is 9.94. The quantitative estimate of drug-likeness (QED) is 0.624. The first kappa shape index (κ1) is 10.8. The highest BCUT2D eigenvalue weighted by Gasteiger charge is 2.26. The Balaban J connectivity index is 2.42. The molecule has 0 bridgehead atoms. The van der Waals surface area contributed by atoms with Crippen LogP contribution in [-0.2, 0) is 0 Å². The Kier molecular flexibility index (Phi) is 2.89. The van der Waals surface area contributed by atoms with Gasteiger partial charge in [-0.05, 0) is 31.4 Å². The number of nitrogens with zero attached hydrogens (tertiary/aromatic N) is 1. The number of aryl methyl sites for hydroxylation is 1. The van der Waals surface area contributed by atoms with Crippen LogP contribution in [0.25, 0.3) is 0 Å². The largest absolute Gasteiger partial charge is 0.387 e. The lowest BCUT2D eigenvalue weighted by Crippen LogP contribution is -2.13. The van der Waals surface area contributed by atoms with Crippen molar-refractivity contribution in [3.05, 3.63) is 27.7 Å². The molecule has 1 aliphatic rings. The van der Waals surface area contributed by atoms with Crippen molar-refractivity contribution in [2.24, 2.45) is 16.6 Å². The Bertz CT molecular complexity index is 423. The van der Waals surface area contributed by atoms with Gasteiger partial charge in [0.1, 0.15) is 11.5 Å². The van der Waals surface area contributed by atoms with Gasteiger partial charge in [-0.25, -0.2) is 4.99 Å². The summed E-state index contributed by atoms with van der Waals surface area (Å²) in [6.45, 7) is 1.92. The molecule has 0 heterocycles. The van der Waals surface area contributed by atoms with Gasteiger partial charge in [-0.15, -0.1) is 0 Å². The molecule has 80 valence electrons. The van der Waals surface area contributed by atoms with E-state index >= 15 is 0 Å². The molecule has 0 spiro atoms. The van der Waals surface area contributed by atoms with Gasteiger partial charge in [0.25, 0.3) is 0 Å². The highest BCUT2D eigenvalue weighted by atomic mass is 35.5. The minimum Gasteiger partial charge on any atom is -0.387 e. The van der Waals surface area contributed by atoms with E-state index in [0.717, 1.165) is 18.4 Å². The summed E-state index contributed by atoms with van der Waals surface area (Å²) in [5.74, 6) is 1.07.